The maximum absolute atomic E-state index is 12.5. The number of Topliss-reactive ketones (excluding diaryl/α,β-unsaturated/α-hetero) is 1. The highest BCUT2D eigenvalue weighted by Crippen LogP contribution is 2.18. The summed E-state index contributed by atoms with van der Waals surface area (Å²) in [6, 6.07) is 6.09. The van der Waals surface area contributed by atoms with E-state index >= 15 is 0 Å². The molecule has 0 aliphatic rings. The molecular weight excluding hydrogens is 406 g/mol. The van der Waals surface area contributed by atoms with Crippen molar-refractivity contribution in [1.29, 1.82) is 0 Å². The molecule has 0 radical (unpaired) electrons. The summed E-state index contributed by atoms with van der Waals surface area (Å²) < 4.78 is 27.2. The van der Waals surface area contributed by atoms with E-state index in [4.69, 9.17) is 11.5 Å². The molecule has 0 aromatic heterocycles. The van der Waals surface area contributed by atoms with Crippen molar-refractivity contribution in [3.05, 3.63) is 29.8 Å². The summed E-state index contributed by atoms with van der Waals surface area (Å²) in [5.74, 6) is -1.55. The molecule has 0 saturated heterocycles. The van der Waals surface area contributed by atoms with Gasteiger partial charge in [0.05, 0.1) is 23.5 Å². The lowest BCUT2D eigenvalue weighted by molar-refractivity contribution is -0.459. The summed E-state index contributed by atoms with van der Waals surface area (Å²) in [5, 5.41) is 2.51. The summed E-state index contributed by atoms with van der Waals surface area (Å²) >= 11 is 0. The van der Waals surface area contributed by atoms with E-state index in [1.165, 1.54) is 12.1 Å². The Morgan fingerprint density at radius 1 is 1.00 bits per heavy atom. The number of hydrogen-bond acceptors (Lipinski definition) is 4. The third kappa shape index (κ3) is 10.2. The molecule has 0 spiro atoms. The molecule has 0 aliphatic heterocycles. The van der Waals surface area contributed by atoms with Crippen molar-refractivity contribution < 1.29 is 23.0 Å². The zero-order valence-corrected chi connectivity index (χ0v) is 18.4. The zero-order valence-electron chi connectivity index (χ0n) is 17.6. The number of para-hydroxylation sites is 1. The highest BCUT2D eigenvalue weighted by molar-refractivity contribution is 7.92. The minimum Gasteiger partial charge on any atom is -0.349 e. The number of ketones is 1. The summed E-state index contributed by atoms with van der Waals surface area (Å²) in [5.41, 5.74) is 10.7. The van der Waals surface area contributed by atoms with E-state index < -0.39 is 21.7 Å². The van der Waals surface area contributed by atoms with E-state index in [9.17, 15) is 18.0 Å². The lowest BCUT2D eigenvalue weighted by Gasteiger charge is -2.12. The fraction of sp³-hybridized carbons (Fsp3) is 0.550. The van der Waals surface area contributed by atoms with Crippen LogP contribution in [0.15, 0.2) is 24.3 Å². The Kier molecular flexibility index (Phi) is 11.5. The van der Waals surface area contributed by atoms with Crippen molar-refractivity contribution in [3.63, 3.8) is 0 Å². The largest absolute Gasteiger partial charge is 0.349 e. The normalized spacial score (nSPS) is 11.0. The number of anilines is 1. The van der Waals surface area contributed by atoms with Gasteiger partial charge in [-0.25, -0.2) is 8.42 Å². The summed E-state index contributed by atoms with van der Waals surface area (Å²) in [7, 11) is -3.61. The first-order chi connectivity index (χ1) is 14.3. The van der Waals surface area contributed by atoms with E-state index in [2.05, 4.69) is 22.0 Å². The van der Waals surface area contributed by atoms with Crippen molar-refractivity contribution in [2.24, 2.45) is 11.5 Å². The van der Waals surface area contributed by atoms with E-state index in [0.717, 1.165) is 32.1 Å². The number of guanidine groups is 1. The molecule has 7 N–H and O–H groups in total. The number of rotatable bonds is 15. The van der Waals surface area contributed by atoms with Crippen LogP contribution >= 0.6 is 0 Å². The Morgan fingerprint density at radius 3 is 2.37 bits per heavy atom. The molecule has 0 saturated carbocycles. The second-order valence-electron chi connectivity index (χ2n) is 7.05. The molecule has 10 heteroatoms. The van der Waals surface area contributed by atoms with Gasteiger partial charge in [0.15, 0.2) is 0 Å². The molecule has 0 heterocycles. The number of amides is 1. The molecule has 0 atom stereocenters. The second-order valence-corrected chi connectivity index (χ2v) is 8.90. The third-order valence-electron chi connectivity index (χ3n) is 4.38. The van der Waals surface area contributed by atoms with Crippen LogP contribution in [0.3, 0.4) is 0 Å². The summed E-state index contributed by atoms with van der Waals surface area (Å²) in [6.45, 7) is 2.82. The first-order valence-electron chi connectivity index (χ1n) is 10.3. The number of benzene rings is 1. The molecule has 168 valence electrons. The van der Waals surface area contributed by atoms with Crippen LogP contribution in [0.25, 0.3) is 0 Å². The lowest BCUT2D eigenvalue weighted by Crippen LogP contribution is -2.78. The molecule has 1 amide bonds. The molecule has 0 aliphatic carbocycles. The van der Waals surface area contributed by atoms with Crippen LogP contribution in [0.2, 0.25) is 0 Å². The number of hydrogen-bond donors (Lipinski definition) is 5. The van der Waals surface area contributed by atoms with Crippen molar-refractivity contribution in [2.75, 3.05) is 23.6 Å². The van der Waals surface area contributed by atoms with Gasteiger partial charge in [-0.1, -0.05) is 51.2 Å². The average molecular weight is 441 g/mol. The topological polar surface area (TPSA) is 158 Å². The Hall–Kier alpha value is -2.62. The number of carbonyl (C=O) groups is 2. The first-order valence-corrected chi connectivity index (χ1v) is 12.0. The minimum atomic E-state index is -3.61. The van der Waals surface area contributed by atoms with Crippen molar-refractivity contribution in [1.82, 2.24) is 5.32 Å². The SMILES string of the molecule is CCCCCCCCS(=O)(=O)Nc1ccccc1C(=O)C(=O)NCCC[NH+]=C(N)N. The van der Waals surface area contributed by atoms with Crippen LogP contribution in [-0.4, -0.2) is 44.9 Å². The minimum absolute atomic E-state index is 0.0131. The monoisotopic (exact) mass is 440 g/mol. The smallest absolute Gasteiger partial charge is 0.338 e. The molecule has 9 nitrogen and oxygen atoms in total. The molecule has 0 unspecified atom stereocenters. The number of nitrogens with two attached hydrogens (primary N) is 2. The van der Waals surface area contributed by atoms with Gasteiger partial charge in [0.2, 0.25) is 10.0 Å². The maximum atomic E-state index is 12.5. The van der Waals surface area contributed by atoms with Crippen LogP contribution in [-0.2, 0) is 14.8 Å². The Balaban J connectivity index is 2.62. The van der Waals surface area contributed by atoms with Gasteiger partial charge in [-0.05, 0) is 25.0 Å². The van der Waals surface area contributed by atoms with Crippen LogP contribution in [0.5, 0.6) is 0 Å². The molecular formula is C20H34N5O4S+. The van der Waals surface area contributed by atoms with Crippen LogP contribution in [0.1, 0.15) is 62.2 Å². The zero-order chi connectivity index (χ0) is 22.4. The van der Waals surface area contributed by atoms with Gasteiger partial charge in [0.25, 0.3) is 11.7 Å². The van der Waals surface area contributed by atoms with Crippen LogP contribution < -0.4 is 26.5 Å². The molecule has 1 aromatic rings. The van der Waals surface area contributed by atoms with Gasteiger partial charge in [-0.3, -0.25) is 30.8 Å². The second kappa shape index (κ2) is 13.6. The number of unbranched alkanes of at least 4 members (excludes halogenated alkanes) is 5. The molecule has 1 aromatic carbocycles. The first kappa shape index (κ1) is 25.4. The standard InChI is InChI=1S/C20H33N5O4S/c1-2-3-4-5-6-9-15-30(28,29)25-17-12-8-7-11-16(17)18(26)19(27)23-13-10-14-24-20(21)22/h7-8,11-12,25H,2-6,9-10,13-15H2,1H3,(H,23,27)(H4,21,22,24)/p+1. The maximum Gasteiger partial charge on any atom is 0.338 e. The quantitative estimate of drug-likeness (QED) is 0.0837. The number of sulfonamides is 1. The Labute approximate surface area is 178 Å². The van der Waals surface area contributed by atoms with Gasteiger partial charge in [0, 0.05) is 6.54 Å². The fourth-order valence-electron chi connectivity index (χ4n) is 2.79. The Morgan fingerprint density at radius 2 is 1.67 bits per heavy atom. The number of nitrogens with one attached hydrogen (secondary N) is 3. The highest BCUT2D eigenvalue weighted by Gasteiger charge is 2.21. The lowest BCUT2D eigenvalue weighted by atomic mass is 10.1. The molecule has 0 bridgehead atoms. The van der Waals surface area contributed by atoms with Crippen molar-refractivity contribution in [2.45, 2.75) is 51.9 Å². The van der Waals surface area contributed by atoms with Crippen LogP contribution in [0, 0.1) is 0 Å². The van der Waals surface area contributed by atoms with Crippen molar-refractivity contribution in [3.8, 4) is 0 Å². The van der Waals surface area contributed by atoms with Crippen molar-refractivity contribution >= 4 is 33.4 Å². The molecule has 0 fully saturated rings. The van der Waals surface area contributed by atoms with Gasteiger partial charge in [0.1, 0.15) is 0 Å². The predicted molar refractivity (Wildman–Crippen MR) is 118 cm³/mol. The highest BCUT2D eigenvalue weighted by atomic mass is 32.2. The van der Waals surface area contributed by atoms with E-state index in [-0.39, 0.29) is 29.5 Å². The molecule has 1 rings (SSSR count). The summed E-state index contributed by atoms with van der Waals surface area (Å²) in [6.07, 6.45) is 6.30. The third-order valence-corrected chi connectivity index (χ3v) is 5.74. The van der Waals surface area contributed by atoms with Gasteiger partial charge < -0.3 is 5.32 Å². The van der Waals surface area contributed by atoms with E-state index in [1.54, 1.807) is 12.1 Å². The molecule has 30 heavy (non-hydrogen) atoms. The Bertz CT molecular complexity index is 820. The van der Waals surface area contributed by atoms with E-state index in [1.807, 2.05) is 0 Å². The van der Waals surface area contributed by atoms with Gasteiger partial charge in [-0.15, -0.1) is 0 Å². The fourth-order valence-corrected chi connectivity index (χ4v) is 3.99. The predicted octanol–water partition coefficient (Wildman–Crippen LogP) is -0.168. The number of carbonyl (C=O) groups excluding carboxylic acids is 2. The average Bonchev–Trinajstić information content (AvgIpc) is 2.69. The van der Waals surface area contributed by atoms with E-state index in [0.29, 0.717) is 19.4 Å². The van der Waals surface area contributed by atoms with Crippen LogP contribution in [0.4, 0.5) is 5.69 Å². The van der Waals surface area contributed by atoms with Gasteiger partial charge in [-0.2, -0.15) is 0 Å². The van der Waals surface area contributed by atoms with Gasteiger partial charge >= 0.3 is 5.96 Å². The summed E-state index contributed by atoms with van der Waals surface area (Å²) in [4.78, 5) is 27.3.